The molecule has 0 bridgehead atoms. The standard InChI is InChI=1S/C62H111N2O6P/c1-6-8-10-12-14-16-18-20-22-24-26-27-28-29-30-31-32-33-34-35-36-38-39-41-43-45-47-49-51-53-55-61(65)60(59-70-71(67,68)69-58-57-64(3,4)5)63-62(66)56-54-52-50-48-46-44-42-40-37-25-23-21-19-17-15-13-11-9-7-2/h9,11,15,17,21,23,37,40,44-47,50,52-53,55,60-61,65H,6-8,10,12-14,16,18-20,22,24-36,38-39,41-43,48-49,51,54,56-59H2,1-5H3,(H-,63,66,67,68)/p+1/b11-9-,17-15-,23-21-,40-37-,46-44-,47-45+,52-50-,55-53+. The number of amides is 1. The first-order valence-corrected chi connectivity index (χ1v) is 30.6. The van der Waals surface area contributed by atoms with Crippen molar-refractivity contribution in [2.45, 2.75) is 251 Å². The molecule has 0 aromatic rings. The molecule has 0 aromatic carbocycles. The lowest BCUT2D eigenvalue weighted by Gasteiger charge is -2.25. The number of quaternary nitrogens is 1. The van der Waals surface area contributed by atoms with Crippen LogP contribution >= 0.6 is 7.82 Å². The van der Waals surface area contributed by atoms with Crippen LogP contribution in [0.15, 0.2) is 97.2 Å². The topological polar surface area (TPSA) is 105 Å². The number of nitrogens with one attached hydrogen (secondary N) is 1. The first-order chi connectivity index (χ1) is 34.5. The van der Waals surface area contributed by atoms with Crippen molar-refractivity contribution in [2.75, 3.05) is 40.9 Å². The van der Waals surface area contributed by atoms with Gasteiger partial charge in [-0.2, -0.15) is 0 Å². The number of carbonyl (C=O) groups is 1. The molecule has 0 saturated carbocycles. The van der Waals surface area contributed by atoms with Crippen LogP contribution in [-0.4, -0.2) is 73.4 Å². The number of rotatable bonds is 52. The van der Waals surface area contributed by atoms with E-state index in [1.54, 1.807) is 6.08 Å². The molecule has 71 heavy (non-hydrogen) atoms. The maximum absolute atomic E-state index is 12.9. The second kappa shape index (κ2) is 52.3. The van der Waals surface area contributed by atoms with Crippen molar-refractivity contribution < 1.29 is 32.9 Å². The van der Waals surface area contributed by atoms with Crippen LogP contribution in [0, 0.1) is 0 Å². The van der Waals surface area contributed by atoms with Crippen molar-refractivity contribution in [3.63, 3.8) is 0 Å². The van der Waals surface area contributed by atoms with Crippen LogP contribution in [-0.2, 0) is 18.4 Å². The van der Waals surface area contributed by atoms with Crippen molar-refractivity contribution in [3.8, 4) is 0 Å². The fourth-order valence-electron chi connectivity index (χ4n) is 8.02. The number of phosphoric ester groups is 1. The first-order valence-electron chi connectivity index (χ1n) is 29.1. The second-order valence-electron chi connectivity index (χ2n) is 20.6. The zero-order valence-electron chi connectivity index (χ0n) is 46.7. The average Bonchev–Trinajstić information content (AvgIpc) is 3.33. The van der Waals surface area contributed by atoms with Crippen molar-refractivity contribution in [3.05, 3.63) is 97.2 Å². The Hall–Kier alpha value is -2.58. The number of aliphatic hydroxyl groups excluding tert-OH is 1. The molecule has 3 unspecified atom stereocenters. The molecule has 3 N–H and O–H groups in total. The number of hydrogen-bond donors (Lipinski definition) is 3. The van der Waals surface area contributed by atoms with E-state index < -0.39 is 20.0 Å². The minimum absolute atomic E-state index is 0.0376. The summed E-state index contributed by atoms with van der Waals surface area (Å²) >= 11 is 0. The highest BCUT2D eigenvalue weighted by molar-refractivity contribution is 7.47. The van der Waals surface area contributed by atoms with Gasteiger partial charge in [0.1, 0.15) is 13.2 Å². The van der Waals surface area contributed by atoms with Crippen molar-refractivity contribution in [2.24, 2.45) is 0 Å². The van der Waals surface area contributed by atoms with Crippen LogP contribution in [0.2, 0.25) is 0 Å². The molecule has 8 nitrogen and oxygen atoms in total. The first kappa shape index (κ1) is 68.4. The van der Waals surface area contributed by atoms with Crippen LogP contribution in [0.1, 0.15) is 239 Å². The molecule has 0 aliphatic rings. The number of nitrogens with zero attached hydrogens (tertiary/aromatic N) is 1. The monoisotopic (exact) mass is 1010 g/mol. The summed E-state index contributed by atoms with van der Waals surface area (Å²) in [4.78, 5) is 23.2. The molecule has 0 saturated heterocycles. The van der Waals surface area contributed by atoms with Gasteiger partial charge in [-0.25, -0.2) is 4.57 Å². The summed E-state index contributed by atoms with van der Waals surface area (Å²) in [6, 6.07) is -0.911. The van der Waals surface area contributed by atoms with Crippen LogP contribution in [0.4, 0.5) is 0 Å². The van der Waals surface area contributed by atoms with Gasteiger partial charge in [0.2, 0.25) is 5.91 Å². The Morgan fingerprint density at radius 2 is 0.859 bits per heavy atom. The third kappa shape index (κ3) is 55.0. The molecular formula is C62H112N2O6P+. The summed E-state index contributed by atoms with van der Waals surface area (Å²) in [5.41, 5.74) is 0. The van der Waals surface area contributed by atoms with Gasteiger partial charge in [0, 0.05) is 6.42 Å². The highest BCUT2D eigenvalue weighted by atomic mass is 31.2. The number of likely N-dealkylation sites (N-methyl/N-ethyl adjacent to an activating group) is 1. The van der Waals surface area contributed by atoms with E-state index in [-0.39, 0.29) is 25.5 Å². The molecule has 0 heterocycles. The lowest BCUT2D eigenvalue weighted by molar-refractivity contribution is -0.870. The number of aliphatic hydroxyl groups is 1. The smallest absolute Gasteiger partial charge is 0.387 e. The molecule has 9 heteroatoms. The number of hydrogen-bond acceptors (Lipinski definition) is 5. The number of allylic oxidation sites excluding steroid dienone is 15. The van der Waals surface area contributed by atoms with E-state index in [4.69, 9.17) is 9.05 Å². The van der Waals surface area contributed by atoms with Gasteiger partial charge in [-0.15, -0.1) is 0 Å². The second-order valence-corrected chi connectivity index (χ2v) is 22.1. The Kier molecular flexibility index (Phi) is 50.4. The highest BCUT2D eigenvalue weighted by Crippen LogP contribution is 2.43. The van der Waals surface area contributed by atoms with Crippen LogP contribution in [0.5, 0.6) is 0 Å². The molecule has 0 aliphatic carbocycles. The predicted molar refractivity (Wildman–Crippen MR) is 309 cm³/mol. The summed E-state index contributed by atoms with van der Waals surface area (Å²) in [5, 5.41) is 13.8. The summed E-state index contributed by atoms with van der Waals surface area (Å²) in [6.07, 6.45) is 75.5. The number of phosphoric acid groups is 1. The van der Waals surface area contributed by atoms with E-state index in [0.717, 1.165) is 57.8 Å². The zero-order chi connectivity index (χ0) is 52.0. The van der Waals surface area contributed by atoms with E-state index in [0.29, 0.717) is 17.4 Å². The van der Waals surface area contributed by atoms with Gasteiger partial charge in [0.25, 0.3) is 0 Å². The molecule has 0 aromatic heterocycles. The summed E-state index contributed by atoms with van der Waals surface area (Å²) in [6.45, 7) is 4.63. The molecule has 0 aliphatic heterocycles. The summed E-state index contributed by atoms with van der Waals surface area (Å²) < 4.78 is 23.6. The molecule has 3 atom stereocenters. The third-order valence-electron chi connectivity index (χ3n) is 12.6. The van der Waals surface area contributed by atoms with E-state index in [9.17, 15) is 19.4 Å². The van der Waals surface area contributed by atoms with Gasteiger partial charge < -0.3 is 19.8 Å². The maximum Gasteiger partial charge on any atom is 0.472 e. The fourth-order valence-corrected chi connectivity index (χ4v) is 8.76. The minimum Gasteiger partial charge on any atom is -0.387 e. The third-order valence-corrected chi connectivity index (χ3v) is 13.5. The molecule has 0 rings (SSSR count). The Morgan fingerprint density at radius 1 is 0.493 bits per heavy atom. The SMILES string of the molecule is CC/C=C\C/C=C\C/C=C\C/C=C\C/C=C\C/C=C\CCC(=O)NC(COP(=O)(O)OCC[N+](C)(C)C)C(O)/C=C/CC/C=C/CCCCCCCCCCCCCCCCCCCCCCCCCC. The largest absolute Gasteiger partial charge is 0.472 e. The van der Waals surface area contributed by atoms with Gasteiger partial charge in [-0.1, -0.05) is 259 Å². The Labute approximate surface area is 439 Å². The molecular weight excluding hydrogens is 900 g/mol. The fraction of sp³-hybridized carbons (Fsp3) is 0.726. The Balaban J connectivity index is 4.30. The zero-order valence-corrected chi connectivity index (χ0v) is 47.6. The van der Waals surface area contributed by atoms with E-state index in [2.05, 4.69) is 92.1 Å². The van der Waals surface area contributed by atoms with E-state index in [1.807, 2.05) is 39.4 Å². The predicted octanol–water partition coefficient (Wildman–Crippen LogP) is 17.8. The number of carbonyl (C=O) groups excluding carboxylic acids is 1. The van der Waals surface area contributed by atoms with Gasteiger partial charge >= 0.3 is 7.82 Å². The molecule has 0 spiro atoms. The van der Waals surface area contributed by atoms with Crippen LogP contribution < -0.4 is 5.32 Å². The normalized spacial score (nSPS) is 14.6. The molecule has 410 valence electrons. The van der Waals surface area contributed by atoms with Crippen molar-refractivity contribution >= 4 is 13.7 Å². The van der Waals surface area contributed by atoms with Gasteiger partial charge in [-0.05, 0) is 70.6 Å². The van der Waals surface area contributed by atoms with E-state index in [1.165, 1.54) is 154 Å². The molecule has 1 amide bonds. The van der Waals surface area contributed by atoms with Gasteiger partial charge in [0.15, 0.2) is 0 Å². The minimum atomic E-state index is -4.38. The van der Waals surface area contributed by atoms with Gasteiger partial charge in [0.05, 0.1) is 39.9 Å². The van der Waals surface area contributed by atoms with Crippen molar-refractivity contribution in [1.82, 2.24) is 5.32 Å². The quantitative estimate of drug-likeness (QED) is 0.0243. The maximum atomic E-state index is 12.9. The average molecular weight is 1010 g/mol. The van der Waals surface area contributed by atoms with Gasteiger partial charge in [-0.3, -0.25) is 13.8 Å². The molecule has 0 fully saturated rings. The lowest BCUT2D eigenvalue weighted by atomic mass is 10.0. The van der Waals surface area contributed by atoms with Crippen LogP contribution in [0.25, 0.3) is 0 Å². The highest BCUT2D eigenvalue weighted by Gasteiger charge is 2.27. The van der Waals surface area contributed by atoms with E-state index >= 15 is 0 Å². The summed E-state index contributed by atoms with van der Waals surface area (Å²) in [7, 11) is 1.50. The lowest BCUT2D eigenvalue weighted by Crippen LogP contribution is -2.45. The van der Waals surface area contributed by atoms with Crippen LogP contribution in [0.3, 0.4) is 0 Å². The van der Waals surface area contributed by atoms with Crippen molar-refractivity contribution in [1.29, 1.82) is 0 Å². The number of unbranched alkanes of at least 4 members (excludes halogenated alkanes) is 25. The molecule has 0 radical (unpaired) electrons. The summed E-state index contributed by atoms with van der Waals surface area (Å²) in [5.74, 6) is -0.270. The Morgan fingerprint density at radius 3 is 1.28 bits per heavy atom. The Bertz CT molecular complexity index is 1470.